The zero-order chi connectivity index (χ0) is 25.5. The molecule has 8 nitrogen and oxygen atoms in total. The second-order valence-corrected chi connectivity index (χ2v) is 10.1. The van der Waals surface area contributed by atoms with Gasteiger partial charge in [0.1, 0.15) is 11.5 Å². The maximum Gasteiger partial charge on any atom is 0.224 e. The van der Waals surface area contributed by atoms with Gasteiger partial charge in [0.05, 0.1) is 22.9 Å². The van der Waals surface area contributed by atoms with Gasteiger partial charge >= 0.3 is 0 Å². The second kappa shape index (κ2) is 9.21. The molecule has 1 amide bonds. The number of carbonyl (C=O) groups is 1. The number of amides is 1. The number of aromatic amines is 2. The van der Waals surface area contributed by atoms with Gasteiger partial charge in [-0.3, -0.25) is 14.9 Å². The van der Waals surface area contributed by atoms with Crippen LogP contribution in [-0.2, 0) is 4.79 Å². The SMILES string of the molecule is CCCC(=O)Nc1cncc(-c2cc3c(-c4nc5nccc(-c6ccc(C)s6)c5[nH]4)n[nH]c3cc2F)c1. The Labute approximate surface area is 215 Å². The number of halogens is 1. The van der Waals surface area contributed by atoms with E-state index in [1.165, 1.54) is 10.9 Å². The molecule has 0 atom stereocenters. The zero-order valence-electron chi connectivity index (χ0n) is 20.1. The van der Waals surface area contributed by atoms with Crippen molar-refractivity contribution in [3.05, 3.63) is 65.7 Å². The monoisotopic (exact) mass is 511 g/mol. The zero-order valence-corrected chi connectivity index (χ0v) is 20.9. The summed E-state index contributed by atoms with van der Waals surface area (Å²) in [4.78, 5) is 31.1. The van der Waals surface area contributed by atoms with Gasteiger partial charge in [-0.05, 0) is 43.7 Å². The summed E-state index contributed by atoms with van der Waals surface area (Å²) in [5, 5.41) is 10.9. The lowest BCUT2D eigenvalue weighted by Crippen LogP contribution is -2.10. The maximum atomic E-state index is 15.1. The number of aryl methyl sites for hydroxylation is 1. The van der Waals surface area contributed by atoms with Crippen molar-refractivity contribution in [3.8, 4) is 33.1 Å². The van der Waals surface area contributed by atoms with E-state index in [2.05, 4.69) is 54.5 Å². The van der Waals surface area contributed by atoms with E-state index in [9.17, 15) is 4.79 Å². The number of carbonyl (C=O) groups excluding carboxylic acids is 1. The maximum absolute atomic E-state index is 15.1. The molecular formula is C27H22FN7OS. The van der Waals surface area contributed by atoms with Crippen molar-refractivity contribution in [1.29, 1.82) is 0 Å². The van der Waals surface area contributed by atoms with Gasteiger partial charge in [0, 0.05) is 56.7 Å². The molecule has 6 rings (SSSR count). The molecule has 5 aromatic heterocycles. The largest absolute Gasteiger partial charge is 0.335 e. The average Bonchev–Trinajstić information content (AvgIpc) is 3.61. The van der Waals surface area contributed by atoms with Gasteiger partial charge in [0.25, 0.3) is 0 Å². The molecule has 184 valence electrons. The van der Waals surface area contributed by atoms with E-state index in [1.54, 1.807) is 42.1 Å². The van der Waals surface area contributed by atoms with Crippen LogP contribution in [0.15, 0.2) is 55.0 Å². The Balaban J connectivity index is 1.43. The van der Waals surface area contributed by atoms with Crippen LogP contribution < -0.4 is 5.32 Å². The number of nitrogens with zero attached hydrogens (tertiary/aromatic N) is 4. The van der Waals surface area contributed by atoms with Crippen molar-refractivity contribution in [2.45, 2.75) is 26.7 Å². The lowest BCUT2D eigenvalue weighted by Gasteiger charge is -2.08. The first-order valence-corrected chi connectivity index (χ1v) is 12.7. The molecule has 0 saturated carbocycles. The second-order valence-electron chi connectivity index (χ2n) is 8.76. The molecule has 3 N–H and O–H groups in total. The van der Waals surface area contributed by atoms with Gasteiger partial charge in [-0.25, -0.2) is 14.4 Å². The highest BCUT2D eigenvalue weighted by molar-refractivity contribution is 7.15. The Bertz CT molecular complexity index is 1780. The summed E-state index contributed by atoms with van der Waals surface area (Å²) in [5.41, 5.74) is 4.92. The van der Waals surface area contributed by atoms with E-state index in [0.29, 0.717) is 51.3 Å². The minimum atomic E-state index is -0.428. The molecule has 0 spiro atoms. The summed E-state index contributed by atoms with van der Waals surface area (Å²) in [5.74, 6) is -0.000956. The fourth-order valence-corrected chi connectivity index (χ4v) is 5.25. The number of anilines is 1. The molecule has 6 aromatic rings. The van der Waals surface area contributed by atoms with Crippen LogP contribution in [0.25, 0.3) is 55.2 Å². The molecule has 0 aliphatic rings. The number of rotatable bonds is 6. The Morgan fingerprint density at radius 3 is 2.84 bits per heavy atom. The highest BCUT2D eigenvalue weighted by Crippen LogP contribution is 2.35. The van der Waals surface area contributed by atoms with Crippen molar-refractivity contribution in [1.82, 2.24) is 30.1 Å². The third-order valence-corrected chi connectivity index (χ3v) is 7.12. The molecular weight excluding hydrogens is 489 g/mol. The quantitative estimate of drug-likeness (QED) is 0.237. The minimum absolute atomic E-state index is 0.106. The van der Waals surface area contributed by atoms with E-state index in [-0.39, 0.29) is 5.91 Å². The predicted molar refractivity (Wildman–Crippen MR) is 144 cm³/mol. The van der Waals surface area contributed by atoms with Gasteiger partial charge in [-0.1, -0.05) is 6.92 Å². The van der Waals surface area contributed by atoms with Crippen LogP contribution in [0.5, 0.6) is 0 Å². The summed E-state index contributed by atoms with van der Waals surface area (Å²) < 4.78 is 15.1. The number of thiophene rings is 1. The normalized spacial score (nSPS) is 11.4. The van der Waals surface area contributed by atoms with Crippen LogP contribution in [0.3, 0.4) is 0 Å². The van der Waals surface area contributed by atoms with E-state index >= 15 is 4.39 Å². The molecule has 37 heavy (non-hydrogen) atoms. The molecule has 10 heteroatoms. The number of pyridine rings is 2. The number of imidazole rings is 1. The molecule has 0 radical (unpaired) electrons. The van der Waals surface area contributed by atoms with E-state index < -0.39 is 5.82 Å². The number of benzene rings is 1. The van der Waals surface area contributed by atoms with Crippen LogP contribution in [0.2, 0.25) is 0 Å². The average molecular weight is 512 g/mol. The lowest BCUT2D eigenvalue weighted by molar-refractivity contribution is -0.116. The van der Waals surface area contributed by atoms with Gasteiger partial charge in [0.15, 0.2) is 11.5 Å². The number of aromatic nitrogens is 6. The lowest BCUT2D eigenvalue weighted by atomic mass is 10.0. The van der Waals surface area contributed by atoms with Crippen LogP contribution in [-0.4, -0.2) is 36.0 Å². The molecule has 0 saturated heterocycles. The fraction of sp³-hybridized carbons (Fsp3) is 0.148. The van der Waals surface area contributed by atoms with E-state index in [0.717, 1.165) is 22.4 Å². The number of H-pyrrole nitrogens is 2. The van der Waals surface area contributed by atoms with Crippen LogP contribution in [0, 0.1) is 12.7 Å². The third-order valence-electron chi connectivity index (χ3n) is 6.08. The van der Waals surface area contributed by atoms with E-state index in [4.69, 9.17) is 0 Å². The smallest absolute Gasteiger partial charge is 0.224 e. The summed E-state index contributed by atoms with van der Waals surface area (Å²) in [6.07, 6.45) is 6.00. The first-order chi connectivity index (χ1) is 18.0. The third kappa shape index (κ3) is 4.25. The van der Waals surface area contributed by atoms with E-state index in [1.807, 2.05) is 13.0 Å². The highest BCUT2D eigenvalue weighted by atomic mass is 32.1. The minimum Gasteiger partial charge on any atom is -0.335 e. The summed E-state index contributed by atoms with van der Waals surface area (Å²) in [6, 6.07) is 11.0. The number of hydrogen-bond acceptors (Lipinski definition) is 6. The highest BCUT2D eigenvalue weighted by Gasteiger charge is 2.19. The topological polar surface area (TPSA) is 112 Å². The first kappa shape index (κ1) is 23.0. The number of hydrogen-bond donors (Lipinski definition) is 3. The number of nitrogens with one attached hydrogen (secondary N) is 3. The van der Waals surface area contributed by atoms with Gasteiger partial charge < -0.3 is 10.3 Å². The van der Waals surface area contributed by atoms with Gasteiger partial charge in [0.2, 0.25) is 5.91 Å². The first-order valence-electron chi connectivity index (χ1n) is 11.8. The van der Waals surface area contributed by atoms with Crippen LogP contribution >= 0.6 is 11.3 Å². The summed E-state index contributed by atoms with van der Waals surface area (Å²) >= 11 is 1.70. The molecule has 0 bridgehead atoms. The van der Waals surface area contributed by atoms with Gasteiger partial charge in [-0.15, -0.1) is 11.3 Å². The van der Waals surface area contributed by atoms with Crippen molar-refractivity contribution < 1.29 is 9.18 Å². The van der Waals surface area contributed by atoms with Crippen LogP contribution in [0.4, 0.5) is 10.1 Å². The Morgan fingerprint density at radius 2 is 2.03 bits per heavy atom. The molecule has 1 aromatic carbocycles. The molecule has 5 heterocycles. The molecule has 0 aliphatic heterocycles. The Kier molecular flexibility index (Phi) is 5.72. The standard InChI is InChI=1S/C27H22FN7OS/c1-3-4-23(36)31-16-9-15(12-29-13-16)18-10-19-21(11-20(18)28)34-35-25(19)27-32-24-17(7-8-30-26(24)33-27)22-6-5-14(2)37-22/h5-13H,3-4H2,1-2H3,(H,31,36)(H,34,35)(H,30,32,33). The van der Waals surface area contributed by atoms with Crippen molar-refractivity contribution in [2.24, 2.45) is 0 Å². The Hall–Kier alpha value is -4.44. The molecule has 0 aliphatic carbocycles. The Morgan fingerprint density at radius 1 is 1.14 bits per heavy atom. The van der Waals surface area contributed by atoms with Crippen molar-refractivity contribution >= 4 is 45.0 Å². The molecule has 0 unspecified atom stereocenters. The predicted octanol–water partition coefficient (Wildman–Crippen LogP) is 6.48. The summed E-state index contributed by atoms with van der Waals surface area (Å²) in [6.45, 7) is 4.01. The van der Waals surface area contributed by atoms with Crippen LogP contribution in [0.1, 0.15) is 24.6 Å². The summed E-state index contributed by atoms with van der Waals surface area (Å²) in [7, 11) is 0. The molecule has 0 fully saturated rings. The fourth-order valence-electron chi connectivity index (χ4n) is 4.35. The van der Waals surface area contributed by atoms with Gasteiger partial charge in [-0.2, -0.15) is 5.10 Å². The van der Waals surface area contributed by atoms with Crippen molar-refractivity contribution in [3.63, 3.8) is 0 Å². The van der Waals surface area contributed by atoms with Crippen molar-refractivity contribution in [2.75, 3.05) is 5.32 Å². The number of fused-ring (bicyclic) bond motifs is 2.